The van der Waals surface area contributed by atoms with Crippen molar-refractivity contribution >= 4 is 5.91 Å². The van der Waals surface area contributed by atoms with Gasteiger partial charge in [0.25, 0.3) is 0 Å². The van der Waals surface area contributed by atoms with Crippen LogP contribution >= 0.6 is 0 Å². The third kappa shape index (κ3) is 4.32. The first-order valence-electron chi connectivity index (χ1n) is 7.50. The van der Waals surface area contributed by atoms with Crippen LogP contribution in [0.1, 0.15) is 43.7 Å². The lowest BCUT2D eigenvalue weighted by atomic mass is 10.1. The third-order valence-corrected chi connectivity index (χ3v) is 4.12. The molecule has 0 aromatic heterocycles. The molecular formula is C16H25N3O. The van der Waals surface area contributed by atoms with E-state index in [-0.39, 0.29) is 5.91 Å². The fraction of sp³-hybridized carbons (Fsp3) is 0.562. The van der Waals surface area contributed by atoms with Gasteiger partial charge in [-0.3, -0.25) is 15.1 Å². The van der Waals surface area contributed by atoms with Crippen LogP contribution in [0.3, 0.4) is 0 Å². The second-order valence-corrected chi connectivity index (χ2v) is 5.73. The van der Waals surface area contributed by atoms with E-state index in [1.807, 2.05) is 12.1 Å². The molecule has 4 heteroatoms. The minimum absolute atomic E-state index is 0.154. The van der Waals surface area contributed by atoms with Gasteiger partial charge in [0.2, 0.25) is 5.91 Å². The molecule has 2 rings (SSSR count). The zero-order valence-electron chi connectivity index (χ0n) is 12.3. The molecule has 0 aliphatic carbocycles. The summed E-state index contributed by atoms with van der Waals surface area (Å²) in [7, 11) is 0. The van der Waals surface area contributed by atoms with E-state index in [0.29, 0.717) is 12.5 Å². The fourth-order valence-corrected chi connectivity index (χ4v) is 2.80. The van der Waals surface area contributed by atoms with Crippen LogP contribution in [-0.4, -0.2) is 23.4 Å². The topological polar surface area (TPSA) is 58.4 Å². The summed E-state index contributed by atoms with van der Waals surface area (Å²) in [5.41, 5.74) is 4.48. The second kappa shape index (κ2) is 7.41. The van der Waals surface area contributed by atoms with Gasteiger partial charge >= 0.3 is 0 Å². The van der Waals surface area contributed by atoms with E-state index in [4.69, 9.17) is 5.84 Å². The lowest BCUT2D eigenvalue weighted by Crippen LogP contribution is -2.32. The largest absolute Gasteiger partial charge is 0.296 e. The van der Waals surface area contributed by atoms with Crippen molar-refractivity contribution in [1.82, 2.24) is 10.3 Å². The van der Waals surface area contributed by atoms with E-state index in [9.17, 15) is 4.79 Å². The molecule has 1 aliphatic rings. The van der Waals surface area contributed by atoms with Crippen molar-refractivity contribution in [3.8, 4) is 0 Å². The van der Waals surface area contributed by atoms with Crippen molar-refractivity contribution in [3.63, 3.8) is 0 Å². The van der Waals surface area contributed by atoms with Gasteiger partial charge in [0, 0.05) is 12.6 Å². The van der Waals surface area contributed by atoms with Crippen molar-refractivity contribution in [2.45, 2.75) is 51.6 Å². The third-order valence-electron chi connectivity index (χ3n) is 4.12. The Morgan fingerprint density at radius 1 is 1.25 bits per heavy atom. The number of nitrogens with one attached hydrogen (secondary N) is 1. The Morgan fingerprint density at radius 3 is 2.65 bits per heavy atom. The lowest BCUT2D eigenvalue weighted by Gasteiger charge is -2.26. The van der Waals surface area contributed by atoms with Gasteiger partial charge in [-0.25, -0.2) is 5.84 Å². The molecule has 1 heterocycles. The predicted octanol–water partition coefficient (Wildman–Crippen LogP) is 1.98. The van der Waals surface area contributed by atoms with Crippen molar-refractivity contribution in [2.24, 2.45) is 5.84 Å². The van der Waals surface area contributed by atoms with E-state index in [0.717, 1.165) is 12.1 Å². The summed E-state index contributed by atoms with van der Waals surface area (Å²) in [6.45, 7) is 4.52. The Labute approximate surface area is 121 Å². The first-order valence-corrected chi connectivity index (χ1v) is 7.50. The van der Waals surface area contributed by atoms with E-state index in [2.05, 4.69) is 29.4 Å². The fourth-order valence-electron chi connectivity index (χ4n) is 2.80. The molecule has 110 valence electrons. The molecule has 0 radical (unpaired) electrons. The van der Waals surface area contributed by atoms with Crippen LogP contribution in [0.25, 0.3) is 0 Å². The highest BCUT2D eigenvalue weighted by atomic mass is 16.2. The van der Waals surface area contributed by atoms with Gasteiger partial charge in [-0.2, -0.15) is 0 Å². The molecule has 3 N–H and O–H groups in total. The van der Waals surface area contributed by atoms with Crippen molar-refractivity contribution in [1.29, 1.82) is 0 Å². The smallest absolute Gasteiger partial charge is 0.238 e. The van der Waals surface area contributed by atoms with E-state index in [1.54, 1.807) is 0 Å². The molecule has 1 saturated heterocycles. The second-order valence-electron chi connectivity index (χ2n) is 5.73. The predicted molar refractivity (Wildman–Crippen MR) is 80.8 cm³/mol. The van der Waals surface area contributed by atoms with Crippen LogP contribution in [-0.2, 0) is 17.8 Å². The van der Waals surface area contributed by atoms with Crippen molar-refractivity contribution in [3.05, 3.63) is 35.4 Å². The number of carbonyl (C=O) groups excluding carboxylic acids is 1. The number of benzene rings is 1. The molecule has 4 nitrogen and oxygen atoms in total. The Hall–Kier alpha value is -1.39. The van der Waals surface area contributed by atoms with Gasteiger partial charge < -0.3 is 0 Å². The maximum absolute atomic E-state index is 11.2. The van der Waals surface area contributed by atoms with Crippen LogP contribution in [0.15, 0.2) is 24.3 Å². The molecule has 0 spiro atoms. The van der Waals surface area contributed by atoms with Crippen LogP contribution in [0.5, 0.6) is 0 Å². The summed E-state index contributed by atoms with van der Waals surface area (Å²) in [6.07, 6.45) is 5.66. The number of nitrogens with zero attached hydrogens (tertiary/aromatic N) is 1. The van der Waals surface area contributed by atoms with Crippen LogP contribution in [0, 0.1) is 0 Å². The van der Waals surface area contributed by atoms with Crippen molar-refractivity contribution in [2.75, 3.05) is 6.54 Å². The van der Waals surface area contributed by atoms with Crippen LogP contribution in [0.4, 0.5) is 0 Å². The molecule has 20 heavy (non-hydrogen) atoms. The minimum atomic E-state index is -0.154. The highest BCUT2D eigenvalue weighted by Crippen LogP contribution is 2.19. The average molecular weight is 275 g/mol. The lowest BCUT2D eigenvalue weighted by molar-refractivity contribution is -0.120. The average Bonchev–Trinajstić information content (AvgIpc) is 2.66. The maximum Gasteiger partial charge on any atom is 0.238 e. The molecular weight excluding hydrogens is 250 g/mol. The van der Waals surface area contributed by atoms with Gasteiger partial charge in [-0.1, -0.05) is 37.1 Å². The molecule has 1 aromatic rings. The minimum Gasteiger partial charge on any atom is -0.296 e. The molecule has 1 atom stereocenters. The summed E-state index contributed by atoms with van der Waals surface area (Å²) in [4.78, 5) is 13.8. The SMILES string of the molecule is CC1CCCCCN1Cc1ccc(CC(=O)NN)cc1. The Bertz CT molecular complexity index is 430. The van der Waals surface area contributed by atoms with Gasteiger partial charge in [-0.15, -0.1) is 0 Å². The van der Waals surface area contributed by atoms with Gasteiger partial charge in [0.15, 0.2) is 0 Å². The van der Waals surface area contributed by atoms with Crippen LogP contribution in [0.2, 0.25) is 0 Å². The highest BCUT2D eigenvalue weighted by molar-refractivity contribution is 5.77. The number of carbonyl (C=O) groups is 1. The molecule has 1 fully saturated rings. The zero-order valence-corrected chi connectivity index (χ0v) is 12.3. The first-order chi connectivity index (χ1) is 9.69. The van der Waals surface area contributed by atoms with E-state index < -0.39 is 0 Å². The highest BCUT2D eigenvalue weighted by Gasteiger charge is 2.16. The van der Waals surface area contributed by atoms with Crippen LogP contribution < -0.4 is 11.3 Å². The van der Waals surface area contributed by atoms with Crippen molar-refractivity contribution < 1.29 is 4.79 Å². The molecule has 1 unspecified atom stereocenters. The summed E-state index contributed by atoms with van der Waals surface area (Å²) in [6, 6.07) is 8.95. The first kappa shape index (κ1) is 15.0. The standard InChI is InChI=1S/C16H25N3O/c1-13-5-3-2-4-10-19(13)12-15-8-6-14(7-9-15)11-16(20)18-17/h6-9,13H,2-5,10-12,17H2,1H3,(H,18,20). The number of likely N-dealkylation sites (tertiary alicyclic amines) is 1. The molecule has 1 aromatic carbocycles. The number of hydrogen-bond acceptors (Lipinski definition) is 3. The Kier molecular flexibility index (Phi) is 5.56. The number of hydrazine groups is 1. The van der Waals surface area contributed by atoms with E-state index >= 15 is 0 Å². The number of nitrogens with two attached hydrogens (primary N) is 1. The van der Waals surface area contributed by atoms with Gasteiger partial charge in [-0.05, 0) is 37.4 Å². The number of rotatable bonds is 4. The number of hydrogen-bond donors (Lipinski definition) is 2. The maximum atomic E-state index is 11.2. The van der Waals surface area contributed by atoms with Gasteiger partial charge in [0.1, 0.15) is 0 Å². The van der Waals surface area contributed by atoms with E-state index in [1.165, 1.54) is 37.8 Å². The Balaban J connectivity index is 1.94. The summed E-state index contributed by atoms with van der Waals surface area (Å²) < 4.78 is 0. The molecule has 1 aliphatic heterocycles. The molecule has 0 bridgehead atoms. The summed E-state index contributed by atoms with van der Waals surface area (Å²) >= 11 is 0. The number of amides is 1. The monoisotopic (exact) mass is 275 g/mol. The Morgan fingerprint density at radius 2 is 1.95 bits per heavy atom. The normalized spacial score (nSPS) is 20.4. The summed E-state index contributed by atoms with van der Waals surface area (Å²) in [5, 5.41) is 0. The quantitative estimate of drug-likeness (QED) is 0.502. The molecule has 1 amide bonds. The summed E-state index contributed by atoms with van der Waals surface area (Å²) in [5.74, 6) is 4.94. The van der Waals surface area contributed by atoms with Gasteiger partial charge in [0.05, 0.1) is 6.42 Å². The zero-order chi connectivity index (χ0) is 14.4. The molecule has 0 saturated carbocycles.